The number of fused-ring (bicyclic) bond motifs is 2. The molecule has 0 bridgehead atoms. The van der Waals surface area contributed by atoms with E-state index in [1.54, 1.807) is 11.0 Å². The monoisotopic (exact) mass is 244 g/mol. The zero-order valence-corrected chi connectivity index (χ0v) is 10.6. The first-order valence-corrected chi connectivity index (χ1v) is 6.27. The molecule has 1 aromatic carbocycles. The number of carbonyl (C=O) groups is 2. The second kappa shape index (κ2) is 3.57. The zero-order chi connectivity index (χ0) is 12.9. The molecule has 0 aromatic heterocycles. The maximum absolute atomic E-state index is 12.6. The molecule has 2 aliphatic heterocycles. The molecular weight excluding hydrogens is 228 g/mol. The number of nitrogens with one attached hydrogen (secondary N) is 1. The number of amides is 2. The number of aryl methyl sites for hydroxylation is 1. The Labute approximate surface area is 106 Å². The van der Waals surface area contributed by atoms with Gasteiger partial charge in [0.05, 0.1) is 11.3 Å². The van der Waals surface area contributed by atoms with Crippen LogP contribution in [0.5, 0.6) is 0 Å². The summed E-state index contributed by atoms with van der Waals surface area (Å²) in [7, 11) is 0. The summed E-state index contributed by atoms with van der Waals surface area (Å²) in [5.41, 5.74) is 1.49. The van der Waals surface area contributed by atoms with Crippen molar-refractivity contribution in [2.24, 2.45) is 0 Å². The van der Waals surface area contributed by atoms with E-state index in [0.29, 0.717) is 17.8 Å². The Morgan fingerprint density at radius 2 is 2.11 bits per heavy atom. The smallest absolute Gasteiger partial charge is 0.257 e. The van der Waals surface area contributed by atoms with Gasteiger partial charge in [0, 0.05) is 6.54 Å². The molecule has 2 aliphatic rings. The summed E-state index contributed by atoms with van der Waals surface area (Å²) in [6.45, 7) is 4.42. The fourth-order valence-corrected chi connectivity index (χ4v) is 2.97. The average molecular weight is 244 g/mol. The van der Waals surface area contributed by atoms with E-state index in [1.807, 2.05) is 26.0 Å². The van der Waals surface area contributed by atoms with Gasteiger partial charge in [0.15, 0.2) is 0 Å². The third-order valence-corrected chi connectivity index (χ3v) is 4.11. The Bertz CT molecular complexity index is 553. The molecule has 0 spiro atoms. The molecule has 1 saturated heterocycles. The van der Waals surface area contributed by atoms with Gasteiger partial charge >= 0.3 is 0 Å². The van der Waals surface area contributed by atoms with Gasteiger partial charge < -0.3 is 10.2 Å². The van der Waals surface area contributed by atoms with Crippen LogP contribution < -0.4 is 5.32 Å². The Kier molecular flexibility index (Phi) is 2.24. The molecule has 2 amide bonds. The molecule has 1 atom stereocenters. The predicted molar refractivity (Wildman–Crippen MR) is 68.5 cm³/mol. The molecular formula is C14H16N2O2. The molecule has 4 heteroatoms. The first-order valence-electron chi connectivity index (χ1n) is 6.27. The second-order valence-electron chi connectivity index (χ2n) is 5.29. The summed E-state index contributed by atoms with van der Waals surface area (Å²) >= 11 is 0. The first-order chi connectivity index (χ1) is 8.54. The highest BCUT2D eigenvalue weighted by Gasteiger charge is 2.48. The highest BCUT2D eigenvalue weighted by atomic mass is 16.2. The predicted octanol–water partition coefficient (Wildman–Crippen LogP) is 1.94. The largest absolute Gasteiger partial charge is 0.324 e. The lowest BCUT2D eigenvalue weighted by atomic mass is 9.98. The molecule has 4 nitrogen and oxygen atoms in total. The van der Waals surface area contributed by atoms with E-state index in [2.05, 4.69) is 5.32 Å². The van der Waals surface area contributed by atoms with Crippen molar-refractivity contribution < 1.29 is 9.59 Å². The first kappa shape index (κ1) is 11.3. The molecule has 3 rings (SSSR count). The van der Waals surface area contributed by atoms with Crippen LogP contribution in [0, 0.1) is 6.92 Å². The van der Waals surface area contributed by atoms with Crippen LogP contribution in [-0.4, -0.2) is 28.8 Å². The van der Waals surface area contributed by atoms with Crippen LogP contribution in [-0.2, 0) is 4.79 Å². The summed E-state index contributed by atoms with van der Waals surface area (Å²) in [6.07, 6.45) is 1.62. The maximum atomic E-state index is 12.6. The van der Waals surface area contributed by atoms with Crippen LogP contribution >= 0.6 is 0 Å². The molecule has 0 unspecified atom stereocenters. The van der Waals surface area contributed by atoms with Crippen LogP contribution in [0.2, 0.25) is 0 Å². The lowest BCUT2D eigenvalue weighted by molar-refractivity contribution is -0.124. The minimum atomic E-state index is -0.692. The Hall–Kier alpha value is -1.84. The van der Waals surface area contributed by atoms with Crippen molar-refractivity contribution in [2.75, 3.05) is 11.9 Å². The highest BCUT2D eigenvalue weighted by Crippen LogP contribution is 2.36. The molecule has 94 valence electrons. The minimum absolute atomic E-state index is 0.0264. The Morgan fingerprint density at radius 3 is 2.89 bits per heavy atom. The molecule has 1 N–H and O–H groups in total. The van der Waals surface area contributed by atoms with Crippen molar-refractivity contribution in [2.45, 2.75) is 32.2 Å². The number of benzene rings is 1. The van der Waals surface area contributed by atoms with E-state index in [9.17, 15) is 9.59 Å². The Balaban J connectivity index is 2.20. The van der Waals surface area contributed by atoms with E-state index in [4.69, 9.17) is 0 Å². The highest BCUT2D eigenvalue weighted by molar-refractivity contribution is 6.12. The summed E-state index contributed by atoms with van der Waals surface area (Å²) < 4.78 is 0. The number of anilines is 1. The number of hydrogen-bond donors (Lipinski definition) is 1. The summed E-state index contributed by atoms with van der Waals surface area (Å²) in [5.74, 6) is -0.0980. The van der Waals surface area contributed by atoms with Gasteiger partial charge in [-0.25, -0.2) is 0 Å². The van der Waals surface area contributed by atoms with Gasteiger partial charge in [0.2, 0.25) is 5.91 Å². The molecule has 1 aromatic rings. The number of rotatable bonds is 0. The molecule has 0 saturated carbocycles. The SMILES string of the molecule is Cc1cccc2c1C(=O)N1CCC[C@]1(C)C(=O)N2. The van der Waals surface area contributed by atoms with Crippen molar-refractivity contribution in [3.63, 3.8) is 0 Å². The van der Waals surface area contributed by atoms with Crippen LogP contribution in [0.4, 0.5) is 5.69 Å². The summed E-state index contributed by atoms with van der Waals surface area (Å²) in [5, 5.41) is 2.90. The number of carbonyl (C=O) groups excluding carboxylic acids is 2. The van der Waals surface area contributed by atoms with Gasteiger partial charge in [-0.2, -0.15) is 0 Å². The van der Waals surface area contributed by atoms with Crippen molar-refractivity contribution in [3.05, 3.63) is 29.3 Å². The fraction of sp³-hybridized carbons (Fsp3) is 0.429. The Morgan fingerprint density at radius 1 is 1.33 bits per heavy atom. The minimum Gasteiger partial charge on any atom is -0.324 e. The van der Waals surface area contributed by atoms with E-state index in [0.717, 1.165) is 18.4 Å². The van der Waals surface area contributed by atoms with Gasteiger partial charge in [-0.15, -0.1) is 0 Å². The van der Waals surface area contributed by atoms with Crippen molar-refractivity contribution >= 4 is 17.5 Å². The van der Waals surface area contributed by atoms with Crippen molar-refractivity contribution in [1.82, 2.24) is 4.90 Å². The molecule has 0 radical (unpaired) electrons. The number of hydrogen-bond acceptors (Lipinski definition) is 2. The lowest BCUT2D eigenvalue weighted by Gasteiger charge is -2.31. The van der Waals surface area contributed by atoms with E-state index in [-0.39, 0.29) is 11.8 Å². The zero-order valence-electron chi connectivity index (χ0n) is 10.6. The topological polar surface area (TPSA) is 49.4 Å². The fourth-order valence-electron chi connectivity index (χ4n) is 2.97. The summed E-state index contributed by atoms with van der Waals surface area (Å²) in [6, 6.07) is 5.56. The third kappa shape index (κ3) is 1.32. The molecule has 0 aliphatic carbocycles. The third-order valence-electron chi connectivity index (χ3n) is 4.11. The lowest BCUT2D eigenvalue weighted by Crippen LogP contribution is -2.51. The normalized spacial score (nSPS) is 26.4. The van der Waals surface area contributed by atoms with Gasteiger partial charge in [-0.05, 0) is 38.3 Å². The van der Waals surface area contributed by atoms with Crippen LogP contribution in [0.3, 0.4) is 0 Å². The van der Waals surface area contributed by atoms with Crippen molar-refractivity contribution in [1.29, 1.82) is 0 Å². The van der Waals surface area contributed by atoms with E-state index in [1.165, 1.54) is 0 Å². The average Bonchev–Trinajstić information content (AvgIpc) is 2.69. The standard InChI is InChI=1S/C14H16N2O2/c1-9-5-3-6-10-11(9)12(17)16-8-4-7-14(16,2)13(18)15-10/h3,5-6H,4,7-8H2,1-2H3,(H,15,18)/t14-/m1/s1. The van der Waals surface area contributed by atoms with E-state index >= 15 is 0 Å². The second-order valence-corrected chi connectivity index (χ2v) is 5.29. The van der Waals surface area contributed by atoms with Crippen LogP contribution in [0.1, 0.15) is 35.7 Å². The molecule has 1 fully saturated rings. The van der Waals surface area contributed by atoms with Gasteiger partial charge in [-0.1, -0.05) is 12.1 Å². The quantitative estimate of drug-likeness (QED) is 0.758. The van der Waals surface area contributed by atoms with Gasteiger partial charge in [0.25, 0.3) is 5.91 Å². The van der Waals surface area contributed by atoms with Crippen molar-refractivity contribution in [3.8, 4) is 0 Å². The van der Waals surface area contributed by atoms with Crippen LogP contribution in [0.25, 0.3) is 0 Å². The van der Waals surface area contributed by atoms with Gasteiger partial charge in [-0.3, -0.25) is 9.59 Å². The maximum Gasteiger partial charge on any atom is 0.257 e. The van der Waals surface area contributed by atoms with Crippen LogP contribution in [0.15, 0.2) is 18.2 Å². The van der Waals surface area contributed by atoms with E-state index < -0.39 is 5.54 Å². The molecule has 2 heterocycles. The number of nitrogens with zero attached hydrogens (tertiary/aromatic N) is 1. The van der Waals surface area contributed by atoms with Gasteiger partial charge in [0.1, 0.15) is 5.54 Å². The summed E-state index contributed by atoms with van der Waals surface area (Å²) in [4.78, 5) is 26.7. The molecule has 18 heavy (non-hydrogen) atoms.